The molecular weight excluding hydrogens is 336 g/mol. The predicted octanol–water partition coefficient (Wildman–Crippen LogP) is 3.36. The molecule has 1 atom stereocenters. The van der Waals surface area contributed by atoms with Crippen molar-refractivity contribution >= 4 is 22.5 Å². The van der Waals surface area contributed by atoms with Gasteiger partial charge in [0.25, 0.3) is 0 Å². The van der Waals surface area contributed by atoms with Crippen LogP contribution < -0.4 is 5.32 Å². The van der Waals surface area contributed by atoms with Crippen LogP contribution in [0.3, 0.4) is 0 Å². The molecule has 0 aliphatic carbocycles. The van der Waals surface area contributed by atoms with E-state index in [1.54, 1.807) is 4.90 Å². The van der Waals surface area contributed by atoms with E-state index in [-0.39, 0.29) is 12.1 Å². The number of aromatic nitrogens is 2. The zero-order valence-electron chi connectivity index (χ0n) is 14.5. The number of hydrogen-bond acceptors (Lipinski definition) is 5. The Morgan fingerprint density at radius 1 is 1.36 bits per heavy atom. The molecule has 2 aromatic rings. The third-order valence-corrected chi connectivity index (χ3v) is 5.06. The zero-order valence-corrected chi connectivity index (χ0v) is 15.3. The Hall–Kier alpha value is -1.99. The van der Waals surface area contributed by atoms with E-state index in [2.05, 4.69) is 34.6 Å². The van der Waals surface area contributed by atoms with Gasteiger partial charge in [-0.15, -0.1) is 10.2 Å². The largest absolute Gasteiger partial charge is 0.374 e. The number of benzene rings is 1. The highest BCUT2D eigenvalue weighted by atomic mass is 32.1. The SMILES string of the molecule is CCCCc1nnc(NC(=O)N2CCOC(Cc3ccccc3)C2)s1. The van der Waals surface area contributed by atoms with Gasteiger partial charge >= 0.3 is 6.03 Å². The molecule has 1 fully saturated rings. The molecule has 0 bridgehead atoms. The first kappa shape index (κ1) is 17.8. The van der Waals surface area contributed by atoms with Gasteiger partial charge in [0.15, 0.2) is 0 Å². The summed E-state index contributed by atoms with van der Waals surface area (Å²) in [6, 6.07) is 10.1. The molecule has 1 aliphatic rings. The average Bonchev–Trinajstić information content (AvgIpc) is 3.08. The number of carbonyl (C=O) groups excluding carboxylic acids is 1. The number of ether oxygens (including phenoxy) is 1. The maximum atomic E-state index is 12.5. The number of morpholine rings is 1. The molecule has 0 radical (unpaired) electrons. The highest BCUT2D eigenvalue weighted by Gasteiger charge is 2.25. The molecule has 0 spiro atoms. The summed E-state index contributed by atoms with van der Waals surface area (Å²) >= 11 is 1.46. The molecule has 6 nitrogen and oxygen atoms in total. The number of aryl methyl sites for hydroxylation is 1. The molecular formula is C18H24N4O2S. The number of nitrogens with zero attached hydrogens (tertiary/aromatic N) is 3. The van der Waals surface area contributed by atoms with Crippen LogP contribution in [0.1, 0.15) is 30.3 Å². The second kappa shape index (κ2) is 8.92. The molecule has 7 heteroatoms. The summed E-state index contributed by atoms with van der Waals surface area (Å²) in [5, 5.41) is 12.6. The summed E-state index contributed by atoms with van der Waals surface area (Å²) in [6.07, 6.45) is 3.97. The van der Waals surface area contributed by atoms with E-state index in [4.69, 9.17) is 4.74 Å². The lowest BCUT2D eigenvalue weighted by Gasteiger charge is -2.32. The number of carbonyl (C=O) groups is 1. The normalized spacial score (nSPS) is 17.5. The first-order valence-electron chi connectivity index (χ1n) is 8.78. The van der Waals surface area contributed by atoms with Crippen molar-refractivity contribution in [2.24, 2.45) is 0 Å². The van der Waals surface area contributed by atoms with Gasteiger partial charge < -0.3 is 9.64 Å². The third kappa shape index (κ3) is 5.24. The van der Waals surface area contributed by atoms with Crippen LogP contribution in [-0.4, -0.2) is 46.9 Å². The minimum atomic E-state index is -0.125. The molecule has 25 heavy (non-hydrogen) atoms. The van der Waals surface area contributed by atoms with Crippen molar-refractivity contribution in [3.05, 3.63) is 40.9 Å². The Labute approximate surface area is 152 Å². The van der Waals surface area contributed by atoms with Crippen LogP contribution in [0.2, 0.25) is 0 Å². The summed E-state index contributed by atoms with van der Waals surface area (Å²) < 4.78 is 5.81. The van der Waals surface area contributed by atoms with Crippen molar-refractivity contribution in [2.45, 2.75) is 38.7 Å². The Bertz CT molecular complexity index is 677. The number of anilines is 1. The van der Waals surface area contributed by atoms with Crippen molar-refractivity contribution in [3.8, 4) is 0 Å². The Morgan fingerprint density at radius 2 is 2.20 bits per heavy atom. The highest BCUT2D eigenvalue weighted by molar-refractivity contribution is 7.15. The van der Waals surface area contributed by atoms with Gasteiger partial charge in [0.1, 0.15) is 5.01 Å². The molecule has 1 N–H and O–H groups in total. The fraction of sp³-hybridized carbons (Fsp3) is 0.500. The first-order chi connectivity index (χ1) is 12.2. The monoisotopic (exact) mass is 360 g/mol. The Morgan fingerprint density at radius 3 is 3.00 bits per heavy atom. The van der Waals surface area contributed by atoms with Crippen molar-refractivity contribution in [1.82, 2.24) is 15.1 Å². The average molecular weight is 360 g/mol. The number of rotatable bonds is 6. The Balaban J connectivity index is 1.52. The molecule has 0 saturated carbocycles. The van der Waals surface area contributed by atoms with Gasteiger partial charge in [0.05, 0.1) is 12.7 Å². The van der Waals surface area contributed by atoms with E-state index in [0.29, 0.717) is 24.8 Å². The summed E-state index contributed by atoms with van der Waals surface area (Å²) in [7, 11) is 0. The number of amides is 2. The fourth-order valence-electron chi connectivity index (χ4n) is 2.81. The van der Waals surface area contributed by atoms with Gasteiger partial charge in [0, 0.05) is 25.9 Å². The van der Waals surface area contributed by atoms with Crippen LogP contribution in [0.5, 0.6) is 0 Å². The number of unbranched alkanes of at least 4 members (excludes halogenated alkanes) is 1. The smallest absolute Gasteiger partial charge is 0.323 e. The first-order valence-corrected chi connectivity index (χ1v) is 9.60. The third-order valence-electron chi connectivity index (χ3n) is 4.16. The lowest BCUT2D eigenvalue weighted by molar-refractivity contribution is -0.0113. The molecule has 134 valence electrons. The quantitative estimate of drug-likeness (QED) is 0.858. The Kier molecular flexibility index (Phi) is 6.36. The maximum absolute atomic E-state index is 12.5. The summed E-state index contributed by atoms with van der Waals surface area (Å²) in [5.74, 6) is 0. The number of nitrogens with one attached hydrogen (secondary N) is 1. The second-order valence-corrected chi connectivity index (χ2v) is 7.23. The zero-order chi connectivity index (χ0) is 17.5. The predicted molar refractivity (Wildman–Crippen MR) is 99.0 cm³/mol. The van der Waals surface area contributed by atoms with Crippen LogP contribution in [0, 0.1) is 0 Å². The minimum absolute atomic E-state index is 0.0245. The van der Waals surface area contributed by atoms with E-state index in [0.717, 1.165) is 30.7 Å². The van der Waals surface area contributed by atoms with E-state index < -0.39 is 0 Å². The van der Waals surface area contributed by atoms with Crippen LogP contribution >= 0.6 is 11.3 Å². The topological polar surface area (TPSA) is 67.4 Å². The van der Waals surface area contributed by atoms with Crippen LogP contribution in [0.15, 0.2) is 30.3 Å². The second-order valence-electron chi connectivity index (χ2n) is 6.16. The van der Waals surface area contributed by atoms with Gasteiger partial charge in [-0.25, -0.2) is 4.79 Å². The van der Waals surface area contributed by atoms with Gasteiger partial charge in [-0.2, -0.15) is 0 Å². The summed E-state index contributed by atoms with van der Waals surface area (Å²) in [5.41, 5.74) is 1.22. The van der Waals surface area contributed by atoms with Gasteiger partial charge in [-0.05, 0) is 12.0 Å². The van der Waals surface area contributed by atoms with E-state index >= 15 is 0 Å². The molecule has 2 amide bonds. The van der Waals surface area contributed by atoms with Crippen molar-refractivity contribution in [2.75, 3.05) is 25.0 Å². The van der Waals surface area contributed by atoms with Crippen LogP contribution in [-0.2, 0) is 17.6 Å². The molecule has 1 unspecified atom stereocenters. The highest BCUT2D eigenvalue weighted by Crippen LogP contribution is 2.18. The number of hydrogen-bond donors (Lipinski definition) is 1. The minimum Gasteiger partial charge on any atom is -0.374 e. The lowest BCUT2D eigenvalue weighted by atomic mass is 10.1. The summed E-state index contributed by atoms with van der Waals surface area (Å²) in [4.78, 5) is 14.3. The van der Waals surface area contributed by atoms with Gasteiger partial charge in [-0.3, -0.25) is 5.32 Å². The van der Waals surface area contributed by atoms with Crippen LogP contribution in [0.4, 0.5) is 9.93 Å². The number of urea groups is 1. The van der Waals surface area contributed by atoms with Crippen molar-refractivity contribution < 1.29 is 9.53 Å². The molecule has 3 rings (SSSR count). The van der Waals surface area contributed by atoms with Gasteiger partial charge in [-0.1, -0.05) is 55.0 Å². The summed E-state index contributed by atoms with van der Waals surface area (Å²) in [6.45, 7) is 3.89. The van der Waals surface area contributed by atoms with Gasteiger partial charge in [0.2, 0.25) is 5.13 Å². The molecule has 1 aliphatic heterocycles. The lowest BCUT2D eigenvalue weighted by Crippen LogP contribution is -2.48. The van der Waals surface area contributed by atoms with Crippen LogP contribution in [0.25, 0.3) is 0 Å². The molecule has 1 aromatic carbocycles. The molecule has 2 heterocycles. The van der Waals surface area contributed by atoms with E-state index in [1.165, 1.54) is 16.9 Å². The van der Waals surface area contributed by atoms with E-state index in [1.807, 2.05) is 18.2 Å². The fourth-order valence-corrected chi connectivity index (χ4v) is 3.58. The molecule has 1 saturated heterocycles. The maximum Gasteiger partial charge on any atom is 0.323 e. The van der Waals surface area contributed by atoms with Crippen molar-refractivity contribution in [1.29, 1.82) is 0 Å². The standard InChI is InChI=1S/C18H24N4O2S/c1-2-3-9-16-20-21-17(25-16)19-18(23)22-10-11-24-15(13-22)12-14-7-5-4-6-8-14/h4-8,15H,2-3,9-13H2,1H3,(H,19,21,23). The van der Waals surface area contributed by atoms with E-state index in [9.17, 15) is 4.79 Å². The molecule has 1 aromatic heterocycles. The van der Waals surface area contributed by atoms with Crippen molar-refractivity contribution in [3.63, 3.8) is 0 Å².